The van der Waals surface area contributed by atoms with Gasteiger partial charge in [-0.3, -0.25) is 13.9 Å². The average molecular weight is 315 g/mol. The van der Waals surface area contributed by atoms with E-state index in [1.807, 2.05) is 0 Å². The summed E-state index contributed by atoms with van der Waals surface area (Å²) in [5.74, 6) is -2.54. The molecule has 10 heteroatoms. The van der Waals surface area contributed by atoms with Crippen LogP contribution in [0.5, 0.6) is 5.88 Å². The zero-order valence-corrected chi connectivity index (χ0v) is 11.1. The van der Waals surface area contributed by atoms with Crippen LogP contribution in [0.15, 0.2) is 10.9 Å². The first-order valence-corrected chi connectivity index (χ1v) is 7.06. The van der Waals surface area contributed by atoms with Crippen LogP contribution in [0.4, 0.5) is 13.2 Å². The van der Waals surface area contributed by atoms with Gasteiger partial charge >= 0.3 is 6.18 Å². The minimum absolute atomic E-state index is 0.0821. The first-order chi connectivity index (χ1) is 8.97. The standard InChI is InChI=1S/C10H12F3NO5S/c1-2-3-14-8(15)4-7(10(11,12)13)6(9(14)16)5-20(17,18)19/h4,16H,2-3,5H2,1H3,(H,17,18,19). The number of pyridine rings is 1. The fourth-order valence-corrected chi connectivity index (χ4v) is 2.34. The molecule has 1 heterocycles. The van der Waals surface area contributed by atoms with Crippen molar-refractivity contribution in [1.82, 2.24) is 4.57 Å². The lowest BCUT2D eigenvalue weighted by Gasteiger charge is -2.16. The molecule has 0 aliphatic carbocycles. The van der Waals surface area contributed by atoms with Gasteiger partial charge in [-0.2, -0.15) is 21.6 Å². The first-order valence-electron chi connectivity index (χ1n) is 5.45. The molecule has 0 bridgehead atoms. The molecule has 1 rings (SSSR count). The van der Waals surface area contributed by atoms with Crippen LogP contribution in [-0.4, -0.2) is 22.6 Å². The fraction of sp³-hybridized carbons (Fsp3) is 0.500. The van der Waals surface area contributed by atoms with Crippen molar-refractivity contribution in [2.45, 2.75) is 31.8 Å². The molecule has 0 radical (unpaired) electrons. The molecule has 0 aromatic carbocycles. The van der Waals surface area contributed by atoms with Crippen LogP contribution in [-0.2, 0) is 28.6 Å². The summed E-state index contributed by atoms with van der Waals surface area (Å²) in [6, 6.07) is 0.204. The van der Waals surface area contributed by atoms with Crippen LogP contribution < -0.4 is 5.56 Å². The Kier molecular flexibility index (Phi) is 4.49. The Bertz CT molecular complexity index is 663. The quantitative estimate of drug-likeness (QED) is 0.818. The van der Waals surface area contributed by atoms with E-state index in [2.05, 4.69) is 0 Å². The van der Waals surface area contributed by atoms with Crippen molar-refractivity contribution < 1.29 is 31.2 Å². The molecule has 6 nitrogen and oxygen atoms in total. The second-order valence-electron chi connectivity index (χ2n) is 4.07. The third kappa shape index (κ3) is 3.73. The molecule has 0 aliphatic rings. The van der Waals surface area contributed by atoms with Gasteiger partial charge in [0.1, 0.15) is 5.75 Å². The highest BCUT2D eigenvalue weighted by Crippen LogP contribution is 2.35. The average Bonchev–Trinajstić information content (AvgIpc) is 2.25. The van der Waals surface area contributed by atoms with Crippen molar-refractivity contribution in [3.8, 4) is 5.88 Å². The molecule has 0 saturated heterocycles. The molecule has 1 aromatic rings. The monoisotopic (exact) mass is 315 g/mol. The van der Waals surface area contributed by atoms with Crippen LogP contribution in [0.2, 0.25) is 0 Å². The molecule has 0 amide bonds. The minimum atomic E-state index is -5.03. The van der Waals surface area contributed by atoms with Gasteiger partial charge in [-0.15, -0.1) is 0 Å². The van der Waals surface area contributed by atoms with E-state index in [1.54, 1.807) is 6.92 Å². The molecule has 0 spiro atoms. The summed E-state index contributed by atoms with van der Waals surface area (Å²) >= 11 is 0. The maximum Gasteiger partial charge on any atom is 0.417 e. The number of halogens is 3. The maximum atomic E-state index is 12.8. The van der Waals surface area contributed by atoms with E-state index in [9.17, 15) is 31.5 Å². The molecule has 1 aromatic heterocycles. The van der Waals surface area contributed by atoms with Crippen LogP contribution >= 0.6 is 0 Å². The van der Waals surface area contributed by atoms with Crippen molar-refractivity contribution in [2.24, 2.45) is 0 Å². The summed E-state index contributed by atoms with van der Waals surface area (Å²) in [6.45, 7) is 1.54. The van der Waals surface area contributed by atoms with Crippen LogP contribution in [0.1, 0.15) is 24.5 Å². The lowest BCUT2D eigenvalue weighted by atomic mass is 10.1. The topological polar surface area (TPSA) is 96.6 Å². The molecule has 0 aliphatic heterocycles. The van der Waals surface area contributed by atoms with Gasteiger partial charge in [0.25, 0.3) is 15.7 Å². The number of hydrogen-bond acceptors (Lipinski definition) is 4. The normalized spacial score (nSPS) is 12.7. The number of aromatic nitrogens is 1. The highest BCUT2D eigenvalue weighted by molar-refractivity contribution is 7.85. The van der Waals surface area contributed by atoms with Crippen LogP contribution in [0.3, 0.4) is 0 Å². The van der Waals surface area contributed by atoms with Gasteiger partial charge in [0, 0.05) is 18.2 Å². The summed E-state index contributed by atoms with van der Waals surface area (Å²) in [6.07, 6.45) is -4.69. The molecule has 2 N–H and O–H groups in total. The summed E-state index contributed by atoms with van der Waals surface area (Å²) in [7, 11) is -4.80. The summed E-state index contributed by atoms with van der Waals surface area (Å²) in [5, 5.41) is 9.70. The van der Waals surface area contributed by atoms with Gasteiger partial charge in [-0.05, 0) is 6.42 Å². The largest absolute Gasteiger partial charge is 0.494 e. The molecule has 0 fully saturated rings. The molecule has 114 valence electrons. The van der Waals surface area contributed by atoms with E-state index in [0.717, 1.165) is 0 Å². The van der Waals surface area contributed by atoms with Crippen LogP contribution in [0.25, 0.3) is 0 Å². The zero-order chi connectivity index (χ0) is 15.7. The number of rotatable bonds is 4. The molecule has 0 unspecified atom stereocenters. The predicted octanol–water partition coefficient (Wildman–Crippen LogP) is 1.37. The van der Waals surface area contributed by atoms with Crippen molar-refractivity contribution in [3.05, 3.63) is 27.5 Å². The summed E-state index contributed by atoms with van der Waals surface area (Å²) in [4.78, 5) is 11.5. The van der Waals surface area contributed by atoms with Gasteiger partial charge in [0.15, 0.2) is 5.88 Å². The van der Waals surface area contributed by atoms with E-state index in [1.165, 1.54) is 0 Å². The first kappa shape index (κ1) is 16.5. The van der Waals surface area contributed by atoms with E-state index in [4.69, 9.17) is 4.55 Å². The minimum Gasteiger partial charge on any atom is -0.494 e. The van der Waals surface area contributed by atoms with Crippen molar-refractivity contribution in [1.29, 1.82) is 0 Å². The van der Waals surface area contributed by atoms with E-state index >= 15 is 0 Å². The number of alkyl halides is 3. The Morgan fingerprint density at radius 1 is 1.35 bits per heavy atom. The van der Waals surface area contributed by atoms with Gasteiger partial charge in [-0.25, -0.2) is 0 Å². The molecule has 0 atom stereocenters. The summed E-state index contributed by atoms with van der Waals surface area (Å²) in [5.41, 5.74) is -3.73. The SMILES string of the molecule is CCCn1c(O)c(CS(=O)(=O)O)c(C(F)(F)F)cc1=O. The molecular formula is C10H12F3NO5S. The smallest absolute Gasteiger partial charge is 0.417 e. The van der Waals surface area contributed by atoms with E-state index in [-0.39, 0.29) is 12.6 Å². The Hall–Kier alpha value is -1.55. The third-order valence-electron chi connectivity index (χ3n) is 2.46. The lowest BCUT2D eigenvalue weighted by Crippen LogP contribution is -2.25. The number of hydrogen-bond donors (Lipinski definition) is 2. The predicted molar refractivity (Wildman–Crippen MR) is 62.9 cm³/mol. The second-order valence-corrected chi connectivity index (χ2v) is 5.53. The van der Waals surface area contributed by atoms with Crippen molar-refractivity contribution in [2.75, 3.05) is 0 Å². The second kappa shape index (κ2) is 5.44. The molecule has 0 saturated carbocycles. The van der Waals surface area contributed by atoms with E-state index < -0.39 is 44.6 Å². The Morgan fingerprint density at radius 3 is 2.30 bits per heavy atom. The fourth-order valence-electron chi connectivity index (χ4n) is 1.69. The lowest BCUT2D eigenvalue weighted by molar-refractivity contribution is -0.138. The van der Waals surface area contributed by atoms with Crippen molar-refractivity contribution >= 4 is 10.1 Å². The Balaban J connectivity index is 3.65. The Labute approximate surface area is 112 Å². The Morgan fingerprint density at radius 2 is 1.90 bits per heavy atom. The zero-order valence-electron chi connectivity index (χ0n) is 10.3. The van der Waals surface area contributed by atoms with E-state index in [0.29, 0.717) is 11.0 Å². The highest BCUT2D eigenvalue weighted by Gasteiger charge is 2.37. The maximum absolute atomic E-state index is 12.8. The van der Waals surface area contributed by atoms with Crippen molar-refractivity contribution in [3.63, 3.8) is 0 Å². The highest BCUT2D eigenvalue weighted by atomic mass is 32.2. The number of nitrogens with zero attached hydrogens (tertiary/aromatic N) is 1. The number of aromatic hydroxyl groups is 1. The van der Waals surface area contributed by atoms with Gasteiger partial charge in [0.2, 0.25) is 0 Å². The van der Waals surface area contributed by atoms with Gasteiger partial charge < -0.3 is 5.11 Å². The molecule has 20 heavy (non-hydrogen) atoms. The third-order valence-corrected chi connectivity index (χ3v) is 3.12. The summed E-state index contributed by atoms with van der Waals surface area (Å²) < 4.78 is 69.2. The molecular weight excluding hydrogens is 303 g/mol. The van der Waals surface area contributed by atoms with Gasteiger partial charge in [-0.1, -0.05) is 6.92 Å². The van der Waals surface area contributed by atoms with Crippen LogP contribution in [0, 0.1) is 0 Å². The van der Waals surface area contributed by atoms with Gasteiger partial charge in [0.05, 0.1) is 5.56 Å².